The summed E-state index contributed by atoms with van der Waals surface area (Å²) in [5, 5.41) is 4.69. The molecule has 0 saturated carbocycles. The van der Waals surface area contributed by atoms with E-state index in [0.29, 0.717) is 0 Å². The van der Waals surface area contributed by atoms with E-state index in [4.69, 9.17) is 0 Å². The number of nitrogens with zero attached hydrogens (tertiary/aromatic N) is 2. The van der Waals surface area contributed by atoms with Gasteiger partial charge in [-0.05, 0) is 52.1 Å². The largest absolute Gasteiger partial charge is 0.246 e. The highest BCUT2D eigenvalue weighted by Gasteiger charge is 2.22. The lowest BCUT2D eigenvalue weighted by molar-refractivity contribution is -0.656. The molecular weight excluding hydrogens is 328 g/mol. The van der Waals surface area contributed by atoms with Crippen molar-refractivity contribution in [2.75, 3.05) is 0 Å². The molecule has 0 aliphatic rings. The molecule has 0 bridgehead atoms. The Balaban J connectivity index is 2.04. The molecule has 27 heavy (non-hydrogen) atoms. The summed E-state index contributed by atoms with van der Waals surface area (Å²) >= 11 is 0. The van der Waals surface area contributed by atoms with E-state index in [-0.39, 0.29) is 0 Å². The maximum atomic E-state index is 4.69. The van der Waals surface area contributed by atoms with Crippen molar-refractivity contribution in [2.45, 2.75) is 6.92 Å². The van der Waals surface area contributed by atoms with Crippen molar-refractivity contribution in [1.29, 1.82) is 0 Å². The molecule has 3 aromatic carbocycles. The van der Waals surface area contributed by atoms with Crippen molar-refractivity contribution in [3.8, 4) is 33.6 Å². The zero-order valence-electron chi connectivity index (χ0n) is 15.3. The minimum Gasteiger partial charge on any atom is -0.0622 e. The van der Waals surface area contributed by atoms with Gasteiger partial charge in [-0.2, -0.15) is 0 Å². The summed E-state index contributed by atoms with van der Waals surface area (Å²) in [4.78, 5) is 0. The molecule has 0 radical (unpaired) electrons. The van der Waals surface area contributed by atoms with Crippen molar-refractivity contribution < 1.29 is 4.68 Å². The van der Waals surface area contributed by atoms with Crippen LogP contribution in [0.4, 0.5) is 0 Å². The number of rotatable bonds is 4. The van der Waals surface area contributed by atoms with Crippen LogP contribution in [0.2, 0.25) is 0 Å². The first kappa shape index (κ1) is 16.9. The van der Waals surface area contributed by atoms with Crippen LogP contribution in [0, 0.1) is 0 Å². The molecule has 0 aliphatic heterocycles. The first-order chi connectivity index (χ1) is 13.4. The van der Waals surface area contributed by atoms with Crippen LogP contribution in [0.5, 0.6) is 0 Å². The predicted molar refractivity (Wildman–Crippen MR) is 113 cm³/mol. The minimum atomic E-state index is 1.06. The van der Waals surface area contributed by atoms with Gasteiger partial charge in [0.1, 0.15) is 0 Å². The highest BCUT2D eigenvalue weighted by atomic mass is 15.3. The molecule has 0 aliphatic carbocycles. The number of hydrogen-bond acceptors (Lipinski definition) is 1. The maximum Gasteiger partial charge on any atom is 0.246 e. The van der Waals surface area contributed by atoms with Gasteiger partial charge in [-0.3, -0.25) is 0 Å². The summed E-state index contributed by atoms with van der Waals surface area (Å²) in [5.74, 6) is 0. The van der Waals surface area contributed by atoms with Gasteiger partial charge in [0.05, 0.1) is 6.21 Å². The molecule has 0 N–H and O–H groups in total. The second kappa shape index (κ2) is 7.79. The van der Waals surface area contributed by atoms with Gasteiger partial charge in [0.15, 0.2) is 0 Å². The smallest absolute Gasteiger partial charge is 0.0622 e. The topological polar surface area (TPSA) is 16.2 Å². The Morgan fingerprint density at radius 3 is 1.37 bits per heavy atom. The van der Waals surface area contributed by atoms with Crippen molar-refractivity contribution in [2.24, 2.45) is 5.10 Å². The molecular formula is C25H21N2+. The van der Waals surface area contributed by atoms with Crippen LogP contribution < -0.4 is 4.68 Å². The highest BCUT2D eigenvalue weighted by molar-refractivity contribution is 5.73. The maximum absolute atomic E-state index is 4.69. The Hall–Kier alpha value is -3.52. The molecule has 0 fully saturated rings. The van der Waals surface area contributed by atoms with Crippen molar-refractivity contribution in [3.05, 3.63) is 103 Å². The average molecular weight is 349 g/mol. The number of aromatic nitrogens is 1. The summed E-state index contributed by atoms with van der Waals surface area (Å²) in [6.45, 7) is 1.95. The van der Waals surface area contributed by atoms with E-state index in [0.717, 1.165) is 22.5 Å². The zero-order valence-corrected chi connectivity index (χ0v) is 15.3. The zero-order chi connectivity index (χ0) is 18.5. The fourth-order valence-corrected chi connectivity index (χ4v) is 3.25. The monoisotopic (exact) mass is 349 g/mol. The van der Waals surface area contributed by atoms with Gasteiger partial charge < -0.3 is 0 Å². The first-order valence-corrected chi connectivity index (χ1v) is 9.12. The molecule has 0 unspecified atom stereocenters. The van der Waals surface area contributed by atoms with Crippen LogP contribution in [0.1, 0.15) is 6.92 Å². The second-order valence-corrected chi connectivity index (χ2v) is 6.30. The van der Waals surface area contributed by atoms with E-state index >= 15 is 0 Å². The fraction of sp³-hybridized carbons (Fsp3) is 0.0400. The first-order valence-electron chi connectivity index (χ1n) is 9.12. The summed E-state index contributed by atoms with van der Waals surface area (Å²) in [6.07, 6.45) is 1.83. The van der Waals surface area contributed by atoms with Crippen LogP contribution in [-0.2, 0) is 0 Å². The number of hydrogen-bond donors (Lipinski definition) is 0. The quantitative estimate of drug-likeness (QED) is 0.326. The van der Waals surface area contributed by atoms with Crippen LogP contribution >= 0.6 is 0 Å². The number of benzene rings is 3. The predicted octanol–water partition coefficient (Wildman–Crippen LogP) is 5.83. The average Bonchev–Trinajstić information content (AvgIpc) is 2.76. The Bertz CT molecular complexity index is 993. The van der Waals surface area contributed by atoms with Gasteiger partial charge in [-0.1, -0.05) is 66.7 Å². The molecule has 0 amide bonds. The minimum absolute atomic E-state index is 1.06. The van der Waals surface area contributed by atoms with Gasteiger partial charge in [0, 0.05) is 23.3 Å². The molecule has 0 saturated heterocycles. The summed E-state index contributed by atoms with van der Waals surface area (Å²) in [6, 6.07) is 35.7. The van der Waals surface area contributed by atoms with Gasteiger partial charge in [0.2, 0.25) is 11.4 Å². The van der Waals surface area contributed by atoms with Crippen molar-refractivity contribution >= 4 is 6.21 Å². The van der Waals surface area contributed by atoms with E-state index in [9.17, 15) is 0 Å². The van der Waals surface area contributed by atoms with Crippen LogP contribution in [0.15, 0.2) is 108 Å². The fourth-order valence-electron chi connectivity index (χ4n) is 3.25. The molecule has 0 atom stereocenters. The number of pyridine rings is 1. The summed E-state index contributed by atoms with van der Waals surface area (Å²) in [7, 11) is 0. The Morgan fingerprint density at radius 2 is 0.963 bits per heavy atom. The molecule has 0 spiro atoms. The second-order valence-electron chi connectivity index (χ2n) is 6.30. The third kappa shape index (κ3) is 3.56. The van der Waals surface area contributed by atoms with E-state index < -0.39 is 0 Å². The normalized spacial score (nSPS) is 11.0. The van der Waals surface area contributed by atoms with Crippen LogP contribution in [-0.4, -0.2) is 6.21 Å². The third-order valence-electron chi connectivity index (χ3n) is 4.52. The molecule has 130 valence electrons. The van der Waals surface area contributed by atoms with Crippen LogP contribution in [0.3, 0.4) is 0 Å². The summed E-state index contributed by atoms with van der Waals surface area (Å²) in [5.41, 5.74) is 6.77. The van der Waals surface area contributed by atoms with E-state index in [2.05, 4.69) is 90.0 Å². The van der Waals surface area contributed by atoms with E-state index in [1.165, 1.54) is 11.1 Å². The summed E-state index contributed by atoms with van der Waals surface area (Å²) < 4.78 is 2.02. The van der Waals surface area contributed by atoms with Crippen molar-refractivity contribution in [3.63, 3.8) is 0 Å². The van der Waals surface area contributed by atoms with E-state index in [1.54, 1.807) is 0 Å². The SMILES string of the molecule is C/C=N/[n+]1c(-c2ccccc2)cc(-c2ccccc2)cc1-c1ccccc1. The van der Waals surface area contributed by atoms with Crippen molar-refractivity contribution in [1.82, 2.24) is 0 Å². The molecule has 1 heterocycles. The van der Waals surface area contributed by atoms with Gasteiger partial charge in [0.25, 0.3) is 0 Å². The third-order valence-corrected chi connectivity index (χ3v) is 4.52. The highest BCUT2D eigenvalue weighted by Crippen LogP contribution is 2.28. The van der Waals surface area contributed by atoms with Gasteiger partial charge in [-0.25, -0.2) is 0 Å². The lowest BCUT2D eigenvalue weighted by Crippen LogP contribution is -2.33. The Kier molecular flexibility index (Phi) is 4.88. The standard InChI is InChI=1S/C25H21N2/c1-2-26-27-24(21-14-8-4-9-15-21)18-23(20-12-6-3-7-13-20)19-25(27)22-16-10-5-11-17-22/h2-19H,1H3/q+1/b26-2+. The molecule has 4 rings (SSSR count). The molecule has 4 aromatic rings. The lowest BCUT2D eigenvalue weighted by atomic mass is 10.00. The molecule has 1 aromatic heterocycles. The lowest BCUT2D eigenvalue weighted by Gasteiger charge is -2.08. The van der Waals surface area contributed by atoms with E-state index in [1.807, 2.05) is 36.0 Å². The van der Waals surface area contributed by atoms with Gasteiger partial charge in [-0.15, -0.1) is 0 Å². The van der Waals surface area contributed by atoms with Gasteiger partial charge >= 0.3 is 0 Å². The molecule has 2 heteroatoms. The Morgan fingerprint density at radius 1 is 0.556 bits per heavy atom. The Labute approximate surface area is 160 Å². The van der Waals surface area contributed by atoms with Crippen LogP contribution in [0.25, 0.3) is 33.6 Å². The molecule has 2 nitrogen and oxygen atoms in total.